The van der Waals surface area contributed by atoms with Crippen LogP contribution in [0.4, 0.5) is 0 Å². The molecule has 120 valence electrons. The van der Waals surface area contributed by atoms with Crippen LogP contribution in [0.3, 0.4) is 0 Å². The van der Waals surface area contributed by atoms with Crippen LogP contribution in [0.25, 0.3) is 0 Å². The topological polar surface area (TPSA) is 42.7 Å². The molecule has 2 aliphatic rings. The highest BCUT2D eigenvalue weighted by atomic mass is 35.5. The molecule has 2 heterocycles. The zero-order valence-corrected chi connectivity index (χ0v) is 14.5. The largest absolute Gasteiger partial charge is 0.317 e. The van der Waals surface area contributed by atoms with Crippen LogP contribution in [0.15, 0.2) is 5.16 Å². The summed E-state index contributed by atoms with van der Waals surface area (Å²) in [5, 5.41) is 13.4. The summed E-state index contributed by atoms with van der Waals surface area (Å²) in [4.78, 5) is 0. The molecule has 0 spiro atoms. The van der Waals surface area contributed by atoms with Gasteiger partial charge in [0.05, 0.1) is 0 Å². The zero-order valence-electron chi connectivity index (χ0n) is 12.9. The van der Waals surface area contributed by atoms with Crippen molar-refractivity contribution in [2.24, 2.45) is 13.0 Å². The number of thioether (sulfide) groups is 1. The van der Waals surface area contributed by atoms with Gasteiger partial charge in [0, 0.05) is 18.7 Å². The third-order valence-corrected chi connectivity index (χ3v) is 6.00. The second kappa shape index (κ2) is 8.39. The number of hydrogen-bond acceptors (Lipinski definition) is 4. The van der Waals surface area contributed by atoms with Crippen LogP contribution in [0, 0.1) is 5.92 Å². The molecule has 1 aromatic heterocycles. The molecule has 0 radical (unpaired) electrons. The standard InChI is InChI=1S/C15H26N4S.ClH/c1-19-14(13-7-9-16-10-8-13)17-18-15(19)20-11-12-5-3-2-4-6-12;/h12-13,16H,2-11H2,1H3;1H. The van der Waals surface area contributed by atoms with Gasteiger partial charge in [0.1, 0.15) is 5.82 Å². The van der Waals surface area contributed by atoms with Crippen molar-refractivity contribution < 1.29 is 0 Å². The molecule has 1 saturated heterocycles. The molecule has 1 aromatic rings. The van der Waals surface area contributed by atoms with E-state index >= 15 is 0 Å². The maximum Gasteiger partial charge on any atom is 0.190 e. The van der Waals surface area contributed by atoms with E-state index in [9.17, 15) is 0 Å². The van der Waals surface area contributed by atoms with E-state index in [-0.39, 0.29) is 12.4 Å². The Morgan fingerprint density at radius 2 is 1.81 bits per heavy atom. The van der Waals surface area contributed by atoms with Gasteiger partial charge in [-0.1, -0.05) is 31.0 Å². The van der Waals surface area contributed by atoms with Crippen molar-refractivity contribution >= 4 is 24.2 Å². The van der Waals surface area contributed by atoms with Crippen LogP contribution in [0.5, 0.6) is 0 Å². The zero-order chi connectivity index (χ0) is 13.8. The van der Waals surface area contributed by atoms with E-state index in [1.807, 2.05) is 11.8 Å². The van der Waals surface area contributed by atoms with Crippen molar-refractivity contribution in [2.75, 3.05) is 18.8 Å². The average molecular weight is 331 g/mol. The summed E-state index contributed by atoms with van der Waals surface area (Å²) >= 11 is 1.91. The number of rotatable bonds is 4. The van der Waals surface area contributed by atoms with Crippen molar-refractivity contribution in [1.82, 2.24) is 20.1 Å². The van der Waals surface area contributed by atoms with Gasteiger partial charge >= 0.3 is 0 Å². The Morgan fingerprint density at radius 1 is 1.10 bits per heavy atom. The van der Waals surface area contributed by atoms with Crippen LogP contribution in [0.2, 0.25) is 0 Å². The van der Waals surface area contributed by atoms with Crippen molar-refractivity contribution in [3.8, 4) is 0 Å². The molecule has 21 heavy (non-hydrogen) atoms. The first-order chi connectivity index (χ1) is 9.84. The van der Waals surface area contributed by atoms with E-state index in [1.165, 1.54) is 56.5 Å². The van der Waals surface area contributed by atoms with Gasteiger partial charge in [0.25, 0.3) is 0 Å². The van der Waals surface area contributed by atoms with E-state index in [2.05, 4.69) is 27.1 Å². The lowest BCUT2D eigenvalue weighted by Crippen LogP contribution is -2.27. The van der Waals surface area contributed by atoms with Crippen molar-refractivity contribution in [1.29, 1.82) is 0 Å². The molecule has 1 saturated carbocycles. The second-order valence-electron chi connectivity index (χ2n) is 6.24. The third kappa shape index (κ3) is 4.36. The van der Waals surface area contributed by atoms with Crippen LogP contribution in [-0.2, 0) is 7.05 Å². The molecule has 0 bridgehead atoms. The summed E-state index contributed by atoms with van der Waals surface area (Å²) in [5.41, 5.74) is 0. The van der Waals surface area contributed by atoms with Gasteiger partial charge in [0.15, 0.2) is 5.16 Å². The van der Waals surface area contributed by atoms with Gasteiger partial charge in [-0.25, -0.2) is 0 Å². The summed E-state index contributed by atoms with van der Waals surface area (Å²) in [6.07, 6.45) is 9.48. The van der Waals surface area contributed by atoms with Gasteiger partial charge in [0.2, 0.25) is 0 Å². The Balaban J connectivity index is 0.00000161. The first-order valence-corrected chi connectivity index (χ1v) is 9.06. The third-order valence-electron chi connectivity index (χ3n) is 4.75. The molecule has 0 amide bonds. The number of piperidine rings is 1. The molecule has 6 heteroatoms. The minimum absolute atomic E-state index is 0. The summed E-state index contributed by atoms with van der Waals surface area (Å²) in [5.74, 6) is 3.90. The van der Waals surface area contributed by atoms with Crippen LogP contribution < -0.4 is 5.32 Å². The summed E-state index contributed by atoms with van der Waals surface area (Å²) in [6.45, 7) is 2.23. The summed E-state index contributed by atoms with van der Waals surface area (Å²) < 4.78 is 2.24. The number of nitrogens with one attached hydrogen (secondary N) is 1. The minimum Gasteiger partial charge on any atom is -0.317 e. The fraction of sp³-hybridized carbons (Fsp3) is 0.867. The van der Waals surface area contributed by atoms with E-state index in [4.69, 9.17) is 0 Å². The minimum atomic E-state index is 0. The first-order valence-electron chi connectivity index (χ1n) is 8.07. The van der Waals surface area contributed by atoms with E-state index in [0.29, 0.717) is 5.92 Å². The lowest BCUT2D eigenvalue weighted by Gasteiger charge is -2.22. The Morgan fingerprint density at radius 3 is 2.52 bits per heavy atom. The summed E-state index contributed by atoms with van der Waals surface area (Å²) in [7, 11) is 2.14. The first kappa shape index (κ1) is 17.1. The summed E-state index contributed by atoms with van der Waals surface area (Å²) in [6, 6.07) is 0. The van der Waals surface area contributed by atoms with Crippen LogP contribution in [-0.4, -0.2) is 33.6 Å². The maximum atomic E-state index is 4.47. The molecular weight excluding hydrogens is 304 g/mol. The van der Waals surface area contributed by atoms with Crippen LogP contribution >= 0.6 is 24.2 Å². The molecular formula is C15H27ClN4S. The molecule has 1 aliphatic carbocycles. The van der Waals surface area contributed by atoms with E-state index in [1.54, 1.807) is 0 Å². The van der Waals surface area contributed by atoms with Gasteiger partial charge in [-0.15, -0.1) is 22.6 Å². The molecule has 0 atom stereocenters. The van der Waals surface area contributed by atoms with E-state index in [0.717, 1.165) is 24.2 Å². The fourth-order valence-electron chi connectivity index (χ4n) is 3.43. The Hall–Kier alpha value is -0.260. The molecule has 1 N–H and O–H groups in total. The van der Waals surface area contributed by atoms with Crippen LogP contribution in [0.1, 0.15) is 56.7 Å². The molecule has 0 aromatic carbocycles. The number of halogens is 1. The lowest BCUT2D eigenvalue weighted by atomic mass is 9.91. The smallest absolute Gasteiger partial charge is 0.190 e. The van der Waals surface area contributed by atoms with Crippen molar-refractivity contribution in [3.05, 3.63) is 5.82 Å². The predicted molar refractivity (Wildman–Crippen MR) is 90.4 cm³/mol. The monoisotopic (exact) mass is 330 g/mol. The highest BCUT2D eigenvalue weighted by Crippen LogP contribution is 2.31. The van der Waals surface area contributed by atoms with E-state index < -0.39 is 0 Å². The molecule has 2 fully saturated rings. The normalized spacial score (nSPS) is 21.2. The number of hydrogen-bond donors (Lipinski definition) is 1. The van der Waals surface area contributed by atoms with Gasteiger partial charge in [-0.2, -0.15) is 0 Å². The number of aromatic nitrogens is 3. The van der Waals surface area contributed by atoms with Gasteiger partial charge in [-0.3, -0.25) is 0 Å². The molecule has 3 rings (SSSR count). The fourth-order valence-corrected chi connectivity index (χ4v) is 4.54. The second-order valence-corrected chi connectivity index (χ2v) is 7.23. The highest BCUT2D eigenvalue weighted by Gasteiger charge is 2.22. The van der Waals surface area contributed by atoms with Crippen molar-refractivity contribution in [2.45, 2.75) is 56.0 Å². The number of nitrogens with zero attached hydrogens (tertiary/aromatic N) is 3. The SMILES string of the molecule is Cl.Cn1c(SCC2CCCCC2)nnc1C1CCNCC1. The highest BCUT2D eigenvalue weighted by molar-refractivity contribution is 7.99. The Bertz CT molecular complexity index is 425. The van der Waals surface area contributed by atoms with Gasteiger partial charge < -0.3 is 9.88 Å². The van der Waals surface area contributed by atoms with Crippen molar-refractivity contribution in [3.63, 3.8) is 0 Å². The Kier molecular flexibility index (Phi) is 6.83. The lowest BCUT2D eigenvalue weighted by molar-refractivity contribution is 0.390. The van der Waals surface area contributed by atoms with Gasteiger partial charge in [-0.05, 0) is 44.7 Å². The Labute approximate surface area is 138 Å². The molecule has 1 aliphatic heterocycles. The molecule has 0 unspecified atom stereocenters. The quantitative estimate of drug-likeness (QED) is 0.859. The average Bonchev–Trinajstić information content (AvgIpc) is 2.88. The predicted octanol–water partition coefficient (Wildman–Crippen LogP) is 3.38. The maximum absolute atomic E-state index is 4.47. The molecule has 4 nitrogen and oxygen atoms in total.